The van der Waals surface area contributed by atoms with Crippen molar-refractivity contribution in [1.29, 1.82) is 0 Å². The zero-order chi connectivity index (χ0) is 12.5. The van der Waals surface area contributed by atoms with Crippen molar-refractivity contribution < 1.29 is 18.0 Å². The maximum atomic E-state index is 13.4. The Kier molecular flexibility index (Phi) is 3.03. The second kappa shape index (κ2) is 4.34. The van der Waals surface area contributed by atoms with Crippen molar-refractivity contribution in [2.75, 3.05) is 0 Å². The number of isocyanates is 1. The molecule has 1 aromatic carbocycles. The Morgan fingerprint density at radius 1 is 1.35 bits per heavy atom. The van der Waals surface area contributed by atoms with Gasteiger partial charge in [0.25, 0.3) is 6.43 Å². The lowest BCUT2D eigenvalue weighted by molar-refractivity contribution is 0.146. The lowest BCUT2D eigenvalue weighted by atomic mass is 9.72. The Hall–Kier alpha value is -1.61. The van der Waals surface area contributed by atoms with E-state index in [0.29, 0.717) is 18.4 Å². The van der Waals surface area contributed by atoms with Gasteiger partial charge in [0.15, 0.2) is 0 Å². The molecule has 17 heavy (non-hydrogen) atoms. The fourth-order valence-corrected chi connectivity index (χ4v) is 2.06. The maximum absolute atomic E-state index is 13.4. The minimum absolute atomic E-state index is 0.467. The Labute approximate surface area is 96.2 Å². The van der Waals surface area contributed by atoms with E-state index in [4.69, 9.17) is 0 Å². The van der Waals surface area contributed by atoms with E-state index in [-0.39, 0.29) is 0 Å². The highest BCUT2D eigenvalue weighted by molar-refractivity contribution is 5.40. The largest absolute Gasteiger partial charge is 0.266 e. The van der Waals surface area contributed by atoms with Crippen LogP contribution in [0.3, 0.4) is 0 Å². The molecule has 0 atom stereocenters. The van der Waals surface area contributed by atoms with Crippen LogP contribution in [-0.4, -0.2) is 6.08 Å². The number of alkyl halides is 2. The zero-order valence-corrected chi connectivity index (χ0v) is 8.92. The van der Waals surface area contributed by atoms with E-state index in [1.54, 1.807) is 0 Å². The predicted molar refractivity (Wildman–Crippen MR) is 55.0 cm³/mol. The van der Waals surface area contributed by atoms with Gasteiger partial charge in [0.1, 0.15) is 5.82 Å². The van der Waals surface area contributed by atoms with Crippen LogP contribution in [0.1, 0.15) is 36.8 Å². The molecule has 1 aliphatic carbocycles. The standard InChI is InChI=1S/C12H10F3NO/c13-10-6-8(2-3-9(10)11(14)15)12(16-7-17)4-1-5-12/h2-3,6,11H,1,4-5H2. The van der Waals surface area contributed by atoms with E-state index in [2.05, 4.69) is 4.99 Å². The summed E-state index contributed by atoms with van der Waals surface area (Å²) in [6, 6.07) is 3.50. The van der Waals surface area contributed by atoms with Crippen LogP contribution in [0.15, 0.2) is 23.2 Å². The quantitative estimate of drug-likeness (QED) is 0.588. The van der Waals surface area contributed by atoms with Crippen molar-refractivity contribution in [1.82, 2.24) is 0 Å². The first-order chi connectivity index (χ1) is 8.09. The van der Waals surface area contributed by atoms with E-state index in [1.165, 1.54) is 12.1 Å². The normalized spacial score (nSPS) is 17.4. The number of nitrogens with zero attached hydrogens (tertiary/aromatic N) is 1. The Balaban J connectivity index is 2.40. The first kappa shape index (κ1) is 11.9. The van der Waals surface area contributed by atoms with Gasteiger partial charge in [-0.25, -0.2) is 18.0 Å². The smallest absolute Gasteiger partial charge is 0.211 e. The number of aliphatic imine (C=N–C) groups is 1. The molecule has 0 aliphatic heterocycles. The minimum atomic E-state index is -2.84. The third-order valence-electron chi connectivity index (χ3n) is 3.21. The predicted octanol–water partition coefficient (Wildman–Crippen LogP) is 3.48. The summed E-state index contributed by atoms with van der Waals surface area (Å²) in [5.41, 5.74) is -0.907. The molecule has 1 aromatic rings. The molecule has 1 saturated carbocycles. The summed E-state index contributed by atoms with van der Waals surface area (Å²) in [6.07, 6.45) is 0.753. The van der Waals surface area contributed by atoms with E-state index >= 15 is 0 Å². The summed E-state index contributed by atoms with van der Waals surface area (Å²) in [5.74, 6) is -0.954. The van der Waals surface area contributed by atoms with Gasteiger partial charge >= 0.3 is 0 Å². The molecule has 0 unspecified atom stereocenters. The van der Waals surface area contributed by atoms with Crippen LogP contribution in [0, 0.1) is 5.82 Å². The SMILES string of the molecule is O=C=NC1(c2ccc(C(F)F)c(F)c2)CCC1. The van der Waals surface area contributed by atoms with Crippen molar-refractivity contribution in [2.45, 2.75) is 31.2 Å². The average Bonchev–Trinajstić information content (AvgIpc) is 2.22. The second-order valence-electron chi connectivity index (χ2n) is 4.13. The van der Waals surface area contributed by atoms with Crippen molar-refractivity contribution in [3.8, 4) is 0 Å². The summed E-state index contributed by atoms with van der Waals surface area (Å²) >= 11 is 0. The number of hydrogen-bond acceptors (Lipinski definition) is 2. The summed E-state index contributed by atoms with van der Waals surface area (Å²) in [5, 5.41) is 0. The summed E-state index contributed by atoms with van der Waals surface area (Å²) in [6.45, 7) is 0. The molecule has 90 valence electrons. The first-order valence-corrected chi connectivity index (χ1v) is 5.26. The molecule has 5 heteroatoms. The van der Waals surface area contributed by atoms with Crippen LogP contribution in [0.25, 0.3) is 0 Å². The van der Waals surface area contributed by atoms with Crippen molar-refractivity contribution in [3.05, 3.63) is 35.1 Å². The summed E-state index contributed by atoms with van der Waals surface area (Å²) in [7, 11) is 0. The Morgan fingerprint density at radius 2 is 2.06 bits per heavy atom. The lowest BCUT2D eigenvalue weighted by Gasteiger charge is -2.37. The molecular weight excluding hydrogens is 231 g/mol. The topological polar surface area (TPSA) is 29.4 Å². The van der Waals surface area contributed by atoms with E-state index in [0.717, 1.165) is 18.6 Å². The molecule has 2 nitrogen and oxygen atoms in total. The molecule has 0 bridgehead atoms. The van der Waals surface area contributed by atoms with Crippen molar-refractivity contribution in [3.63, 3.8) is 0 Å². The number of benzene rings is 1. The Bertz CT molecular complexity index is 477. The molecule has 1 fully saturated rings. The molecule has 0 amide bonds. The highest BCUT2D eigenvalue weighted by Gasteiger charge is 2.39. The average molecular weight is 241 g/mol. The second-order valence-corrected chi connectivity index (χ2v) is 4.13. The van der Waals surface area contributed by atoms with Crippen LogP contribution < -0.4 is 0 Å². The number of rotatable bonds is 3. The van der Waals surface area contributed by atoms with E-state index in [1.807, 2.05) is 0 Å². The van der Waals surface area contributed by atoms with Crippen LogP contribution >= 0.6 is 0 Å². The molecule has 2 rings (SSSR count). The van der Waals surface area contributed by atoms with Gasteiger partial charge in [-0.2, -0.15) is 4.99 Å². The van der Waals surface area contributed by atoms with Gasteiger partial charge in [-0.05, 0) is 30.9 Å². The van der Waals surface area contributed by atoms with E-state index < -0.39 is 23.3 Å². The van der Waals surface area contributed by atoms with Crippen LogP contribution in [0.5, 0.6) is 0 Å². The molecule has 1 aliphatic rings. The third-order valence-corrected chi connectivity index (χ3v) is 3.21. The number of carbonyl (C=O) groups excluding carboxylic acids is 1. The van der Waals surface area contributed by atoms with Gasteiger partial charge in [-0.1, -0.05) is 12.1 Å². The fourth-order valence-electron chi connectivity index (χ4n) is 2.06. The monoisotopic (exact) mass is 241 g/mol. The van der Waals surface area contributed by atoms with Gasteiger partial charge in [-0.15, -0.1) is 0 Å². The highest BCUT2D eigenvalue weighted by Crippen LogP contribution is 2.45. The van der Waals surface area contributed by atoms with Gasteiger partial charge in [0.05, 0.1) is 11.1 Å². The molecule has 0 saturated heterocycles. The minimum Gasteiger partial charge on any atom is -0.211 e. The van der Waals surface area contributed by atoms with Gasteiger partial charge < -0.3 is 0 Å². The van der Waals surface area contributed by atoms with E-state index in [9.17, 15) is 18.0 Å². The third kappa shape index (κ3) is 1.98. The Morgan fingerprint density at radius 3 is 2.47 bits per heavy atom. The molecule has 0 spiro atoms. The highest BCUT2D eigenvalue weighted by atomic mass is 19.3. The van der Waals surface area contributed by atoms with Gasteiger partial charge in [0, 0.05) is 0 Å². The van der Waals surface area contributed by atoms with Crippen LogP contribution in [-0.2, 0) is 10.3 Å². The number of hydrogen-bond donors (Lipinski definition) is 0. The summed E-state index contributed by atoms with van der Waals surface area (Å²) in [4.78, 5) is 14.0. The van der Waals surface area contributed by atoms with Gasteiger partial charge in [0.2, 0.25) is 6.08 Å². The zero-order valence-electron chi connectivity index (χ0n) is 8.92. The molecule has 0 radical (unpaired) electrons. The molecular formula is C12H10F3NO. The van der Waals surface area contributed by atoms with Gasteiger partial charge in [-0.3, -0.25) is 0 Å². The van der Waals surface area contributed by atoms with Crippen molar-refractivity contribution in [2.24, 2.45) is 4.99 Å². The lowest BCUT2D eigenvalue weighted by Crippen LogP contribution is -2.32. The fraction of sp³-hybridized carbons (Fsp3) is 0.417. The first-order valence-electron chi connectivity index (χ1n) is 5.26. The van der Waals surface area contributed by atoms with Crippen LogP contribution in [0.2, 0.25) is 0 Å². The number of halogens is 3. The summed E-state index contributed by atoms with van der Waals surface area (Å²) < 4.78 is 38.2. The maximum Gasteiger partial charge on any atom is 0.266 e. The van der Waals surface area contributed by atoms with Crippen molar-refractivity contribution >= 4 is 6.08 Å². The van der Waals surface area contributed by atoms with Crippen LogP contribution in [0.4, 0.5) is 13.2 Å². The molecule has 0 aromatic heterocycles. The molecule has 0 heterocycles. The molecule has 0 N–H and O–H groups in total.